The Kier molecular flexibility index (Phi) is 6.97. The molecule has 0 saturated carbocycles. The third-order valence-corrected chi connectivity index (χ3v) is 4.26. The van der Waals surface area contributed by atoms with E-state index in [2.05, 4.69) is 34.0 Å². The van der Waals surface area contributed by atoms with Gasteiger partial charge in [-0.25, -0.2) is 0 Å². The Bertz CT molecular complexity index is 380. The number of Topliss-reactive ketones (excluding diaryl/α,β-unsaturated/α-hetero) is 1. The second-order valence-corrected chi connectivity index (χ2v) is 6.19. The van der Waals surface area contributed by atoms with Crippen LogP contribution >= 0.6 is 27.7 Å². The molecule has 0 bridgehead atoms. The summed E-state index contributed by atoms with van der Waals surface area (Å²) in [6.07, 6.45) is 3.18. The molecule has 0 radical (unpaired) electrons. The van der Waals surface area contributed by atoms with Crippen LogP contribution in [0.1, 0.15) is 23.7 Å². The predicted octanol–water partition coefficient (Wildman–Crippen LogP) is 3.71. The van der Waals surface area contributed by atoms with E-state index in [1.54, 1.807) is 0 Å². The minimum Gasteiger partial charge on any atom is -0.295 e. The average molecular weight is 330 g/mol. The first-order valence-electron chi connectivity index (χ1n) is 6.06. The number of halogens is 1. The lowest BCUT2D eigenvalue weighted by molar-refractivity contribution is 0.0925. The van der Waals surface area contributed by atoms with Gasteiger partial charge in [-0.05, 0) is 31.9 Å². The molecule has 0 aliphatic rings. The fraction of sp³-hybridized carbons (Fsp3) is 0.500. The van der Waals surface area contributed by atoms with E-state index in [4.69, 9.17) is 0 Å². The summed E-state index contributed by atoms with van der Waals surface area (Å²) in [5.41, 5.74) is 0.782. The van der Waals surface area contributed by atoms with Gasteiger partial charge < -0.3 is 0 Å². The summed E-state index contributed by atoms with van der Waals surface area (Å²) in [6.45, 7) is 2.65. The number of carbonyl (C=O) groups is 1. The van der Waals surface area contributed by atoms with Gasteiger partial charge in [0, 0.05) is 21.8 Å². The number of hydrogen-bond acceptors (Lipinski definition) is 3. The van der Waals surface area contributed by atoms with Crippen molar-refractivity contribution in [1.82, 2.24) is 4.90 Å². The number of thioether (sulfide) groups is 1. The highest BCUT2D eigenvalue weighted by molar-refractivity contribution is 9.10. The summed E-state index contributed by atoms with van der Waals surface area (Å²) in [4.78, 5) is 14.3. The molecule has 2 nitrogen and oxygen atoms in total. The van der Waals surface area contributed by atoms with Gasteiger partial charge in [0.05, 0.1) is 6.54 Å². The topological polar surface area (TPSA) is 20.3 Å². The van der Waals surface area contributed by atoms with Gasteiger partial charge in [-0.3, -0.25) is 9.69 Å². The first kappa shape index (κ1) is 15.7. The molecule has 0 saturated heterocycles. The van der Waals surface area contributed by atoms with Crippen LogP contribution in [0, 0.1) is 0 Å². The van der Waals surface area contributed by atoms with E-state index in [1.807, 2.05) is 43.1 Å². The molecule has 0 heterocycles. The van der Waals surface area contributed by atoms with Gasteiger partial charge in [0.2, 0.25) is 0 Å². The molecule has 18 heavy (non-hydrogen) atoms. The smallest absolute Gasteiger partial charge is 0.176 e. The maximum absolute atomic E-state index is 12.1. The Balaban J connectivity index is 2.60. The number of hydrogen-bond donors (Lipinski definition) is 0. The third kappa shape index (κ3) is 4.75. The third-order valence-electron chi connectivity index (χ3n) is 3.01. The van der Waals surface area contributed by atoms with Crippen molar-refractivity contribution in [1.29, 1.82) is 0 Å². The van der Waals surface area contributed by atoms with Crippen LogP contribution in [0.4, 0.5) is 0 Å². The molecule has 1 rings (SSSR count). The minimum absolute atomic E-state index is 0.185. The number of nitrogens with zero attached hydrogens (tertiary/aromatic N) is 1. The van der Waals surface area contributed by atoms with Crippen LogP contribution in [0.15, 0.2) is 28.7 Å². The lowest BCUT2D eigenvalue weighted by Gasteiger charge is -2.25. The Morgan fingerprint density at radius 1 is 1.39 bits per heavy atom. The molecule has 0 aliphatic heterocycles. The second kappa shape index (κ2) is 7.97. The first-order chi connectivity index (χ1) is 8.58. The molecule has 0 fully saturated rings. The molecule has 1 unspecified atom stereocenters. The zero-order chi connectivity index (χ0) is 13.5. The molecule has 4 heteroatoms. The van der Waals surface area contributed by atoms with Crippen LogP contribution in [0.2, 0.25) is 0 Å². The van der Waals surface area contributed by atoms with Crippen molar-refractivity contribution in [2.75, 3.05) is 25.6 Å². The molecule has 100 valence electrons. The molecule has 1 aromatic carbocycles. The fourth-order valence-electron chi connectivity index (χ4n) is 1.83. The first-order valence-corrected chi connectivity index (χ1v) is 8.25. The highest BCUT2D eigenvalue weighted by Crippen LogP contribution is 2.13. The van der Waals surface area contributed by atoms with E-state index in [0.717, 1.165) is 22.2 Å². The van der Waals surface area contributed by atoms with Gasteiger partial charge in [0.15, 0.2) is 5.78 Å². The van der Waals surface area contributed by atoms with Gasteiger partial charge in [-0.2, -0.15) is 11.8 Å². The van der Waals surface area contributed by atoms with Gasteiger partial charge in [-0.1, -0.05) is 35.0 Å². The number of benzene rings is 1. The van der Waals surface area contributed by atoms with E-state index < -0.39 is 0 Å². The summed E-state index contributed by atoms with van der Waals surface area (Å²) in [7, 11) is 2.03. The maximum atomic E-state index is 12.1. The lowest BCUT2D eigenvalue weighted by Crippen LogP contribution is -2.37. The molecule has 0 N–H and O–H groups in total. The van der Waals surface area contributed by atoms with Crippen LogP contribution in [0.5, 0.6) is 0 Å². The van der Waals surface area contributed by atoms with E-state index in [-0.39, 0.29) is 5.78 Å². The van der Waals surface area contributed by atoms with Crippen molar-refractivity contribution in [2.45, 2.75) is 19.4 Å². The molecular weight excluding hydrogens is 310 g/mol. The van der Waals surface area contributed by atoms with Gasteiger partial charge in [-0.15, -0.1) is 0 Å². The van der Waals surface area contributed by atoms with Crippen molar-refractivity contribution in [3.63, 3.8) is 0 Å². The van der Waals surface area contributed by atoms with Crippen LogP contribution in [0.3, 0.4) is 0 Å². The Morgan fingerprint density at radius 2 is 2.00 bits per heavy atom. The summed E-state index contributed by atoms with van der Waals surface area (Å²) >= 11 is 5.20. The summed E-state index contributed by atoms with van der Waals surface area (Å²) < 4.78 is 1.00. The largest absolute Gasteiger partial charge is 0.295 e. The number of rotatable bonds is 7. The SMILES string of the molecule is CCC(CSC)N(C)CC(=O)c1ccc(Br)cc1. The maximum Gasteiger partial charge on any atom is 0.176 e. The Labute approximate surface area is 122 Å². The zero-order valence-electron chi connectivity index (χ0n) is 11.1. The number of likely N-dealkylation sites (N-methyl/N-ethyl adjacent to an activating group) is 1. The van der Waals surface area contributed by atoms with E-state index in [1.165, 1.54) is 0 Å². The quantitative estimate of drug-likeness (QED) is 0.711. The highest BCUT2D eigenvalue weighted by Gasteiger charge is 2.16. The minimum atomic E-state index is 0.185. The highest BCUT2D eigenvalue weighted by atomic mass is 79.9. The van der Waals surface area contributed by atoms with Crippen molar-refractivity contribution in [3.8, 4) is 0 Å². The normalized spacial score (nSPS) is 12.7. The lowest BCUT2D eigenvalue weighted by atomic mass is 10.1. The molecule has 0 amide bonds. The van der Waals surface area contributed by atoms with E-state index >= 15 is 0 Å². The van der Waals surface area contributed by atoms with Crippen molar-refractivity contribution < 1.29 is 4.79 Å². The number of carbonyl (C=O) groups excluding carboxylic acids is 1. The van der Waals surface area contributed by atoms with Crippen molar-refractivity contribution >= 4 is 33.5 Å². The number of ketones is 1. The molecule has 0 spiro atoms. The van der Waals surface area contributed by atoms with Crippen LogP contribution < -0.4 is 0 Å². The summed E-state index contributed by atoms with van der Waals surface area (Å²) in [6, 6.07) is 8.03. The van der Waals surface area contributed by atoms with Gasteiger partial charge >= 0.3 is 0 Å². The van der Waals surface area contributed by atoms with E-state index in [9.17, 15) is 4.79 Å². The van der Waals surface area contributed by atoms with Crippen molar-refractivity contribution in [3.05, 3.63) is 34.3 Å². The van der Waals surface area contributed by atoms with Crippen LogP contribution in [0.25, 0.3) is 0 Å². The zero-order valence-corrected chi connectivity index (χ0v) is 13.6. The van der Waals surface area contributed by atoms with Gasteiger partial charge in [0.25, 0.3) is 0 Å². The fourth-order valence-corrected chi connectivity index (χ4v) is 2.97. The Hall–Kier alpha value is -0.320. The monoisotopic (exact) mass is 329 g/mol. The standard InChI is InChI=1S/C14H20BrNOS/c1-4-13(10-18-3)16(2)9-14(17)11-5-7-12(15)8-6-11/h5-8,13H,4,9-10H2,1-3H3. The summed E-state index contributed by atoms with van der Waals surface area (Å²) in [5.74, 6) is 1.25. The van der Waals surface area contributed by atoms with Crippen LogP contribution in [-0.4, -0.2) is 42.3 Å². The van der Waals surface area contributed by atoms with Crippen LogP contribution in [-0.2, 0) is 0 Å². The second-order valence-electron chi connectivity index (χ2n) is 4.36. The molecule has 0 aromatic heterocycles. The molecule has 0 aliphatic carbocycles. The van der Waals surface area contributed by atoms with Gasteiger partial charge in [0.1, 0.15) is 0 Å². The molecular formula is C14H20BrNOS. The predicted molar refractivity (Wildman–Crippen MR) is 83.6 cm³/mol. The molecule has 1 atom stereocenters. The molecule has 1 aromatic rings. The average Bonchev–Trinajstić information content (AvgIpc) is 2.36. The summed E-state index contributed by atoms with van der Waals surface area (Å²) in [5, 5.41) is 0. The van der Waals surface area contributed by atoms with E-state index in [0.29, 0.717) is 12.6 Å². The Morgan fingerprint density at radius 3 is 2.50 bits per heavy atom. The van der Waals surface area contributed by atoms with Crippen molar-refractivity contribution in [2.24, 2.45) is 0 Å².